The van der Waals surface area contributed by atoms with Crippen molar-refractivity contribution in [2.45, 2.75) is 38.6 Å². The van der Waals surface area contributed by atoms with E-state index in [9.17, 15) is 9.90 Å². The Balaban J connectivity index is 1.57. The van der Waals surface area contributed by atoms with Gasteiger partial charge in [-0.2, -0.15) is 10.1 Å². The molecule has 1 aromatic carbocycles. The van der Waals surface area contributed by atoms with Crippen molar-refractivity contribution in [3.05, 3.63) is 59.5 Å². The van der Waals surface area contributed by atoms with Crippen LogP contribution < -0.4 is 5.62 Å². The number of rotatable bonds is 5. The Morgan fingerprint density at radius 2 is 2.12 bits per heavy atom. The first kappa shape index (κ1) is 22.4. The van der Waals surface area contributed by atoms with E-state index in [2.05, 4.69) is 30.7 Å². The molecule has 34 heavy (non-hydrogen) atoms. The first-order chi connectivity index (χ1) is 16.4. The zero-order valence-corrected chi connectivity index (χ0v) is 20.0. The van der Waals surface area contributed by atoms with Gasteiger partial charge in [0.15, 0.2) is 0 Å². The molecule has 0 unspecified atom stereocenters. The predicted octanol–water partition coefficient (Wildman–Crippen LogP) is 4.49. The maximum Gasteiger partial charge on any atom is 0.280 e. The van der Waals surface area contributed by atoms with E-state index in [1.54, 1.807) is 19.2 Å². The third kappa shape index (κ3) is 4.14. The van der Waals surface area contributed by atoms with Crippen LogP contribution in [0, 0.1) is 12.8 Å². The second-order valence-electron chi connectivity index (χ2n) is 8.95. The quantitative estimate of drug-likeness (QED) is 0.412. The van der Waals surface area contributed by atoms with E-state index in [4.69, 9.17) is 11.6 Å². The van der Waals surface area contributed by atoms with Gasteiger partial charge >= 0.3 is 0 Å². The number of hydrogen-bond donors (Lipinski definition) is 2. The number of nitrogens with one attached hydrogen (secondary N) is 1. The summed E-state index contributed by atoms with van der Waals surface area (Å²) in [6, 6.07) is 11.7. The Hall–Kier alpha value is -3.39. The molecule has 3 heterocycles. The number of imidazole rings is 1. The molecule has 176 valence electrons. The molecule has 0 saturated heterocycles. The topological polar surface area (TPSA) is 101 Å². The zero-order chi connectivity index (χ0) is 23.8. The van der Waals surface area contributed by atoms with Gasteiger partial charge < -0.3 is 14.7 Å². The molecule has 9 heteroatoms. The van der Waals surface area contributed by atoms with E-state index in [0.717, 1.165) is 36.7 Å². The third-order valence-electron chi connectivity index (χ3n) is 6.63. The molecular formula is C25H27ClN6O2. The lowest BCUT2D eigenvalue weighted by Gasteiger charge is -2.14. The van der Waals surface area contributed by atoms with Crippen molar-refractivity contribution < 1.29 is 9.90 Å². The summed E-state index contributed by atoms with van der Waals surface area (Å²) in [6.45, 7) is 1.81. The number of H-pyrrole nitrogens is 1. The number of carbonyl (C=O) groups excluding carboxylic acids is 1. The Morgan fingerprint density at radius 3 is 2.88 bits per heavy atom. The first-order valence-corrected chi connectivity index (χ1v) is 12.0. The molecule has 8 nitrogen and oxygen atoms in total. The van der Waals surface area contributed by atoms with E-state index in [1.165, 1.54) is 10.9 Å². The Kier molecular flexibility index (Phi) is 6.00. The van der Waals surface area contributed by atoms with Crippen molar-refractivity contribution in [1.29, 1.82) is 0 Å². The van der Waals surface area contributed by atoms with Gasteiger partial charge in [-0.25, -0.2) is 4.68 Å². The van der Waals surface area contributed by atoms with Gasteiger partial charge in [-0.15, -0.1) is 11.6 Å². The van der Waals surface area contributed by atoms with Gasteiger partial charge in [-0.3, -0.25) is 9.78 Å². The Labute approximate surface area is 201 Å². The SMILES string of the molecule is Cc1cc(C(=O)/N=c2\[nH]c3ccccc3n2[C@H]2CC[C@@H](CCCl)C2)cc(-c2cnn(C)c2O)n1. The number of aromatic nitrogens is 5. The van der Waals surface area contributed by atoms with Crippen LogP contribution in [0.3, 0.4) is 0 Å². The van der Waals surface area contributed by atoms with Crippen LogP contribution in [0.2, 0.25) is 0 Å². The van der Waals surface area contributed by atoms with Gasteiger partial charge in [0, 0.05) is 30.2 Å². The molecule has 1 amide bonds. The van der Waals surface area contributed by atoms with Crippen molar-refractivity contribution >= 4 is 28.5 Å². The summed E-state index contributed by atoms with van der Waals surface area (Å²) in [5, 5.41) is 14.3. The second-order valence-corrected chi connectivity index (χ2v) is 9.33. The van der Waals surface area contributed by atoms with Gasteiger partial charge in [0.2, 0.25) is 11.5 Å². The smallest absolute Gasteiger partial charge is 0.280 e. The monoisotopic (exact) mass is 478 g/mol. The van der Waals surface area contributed by atoms with Gasteiger partial charge in [0.1, 0.15) is 0 Å². The minimum Gasteiger partial charge on any atom is -0.493 e. The fourth-order valence-electron chi connectivity index (χ4n) is 4.94. The lowest BCUT2D eigenvalue weighted by molar-refractivity contribution is 0.0996. The average Bonchev–Trinajstić information content (AvgIpc) is 3.51. The van der Waals surface area contributed by atoms with Crippen LogP contribution in [0.5, 0.6) is 5.88 Å². The number of benzene rings is 1. The van der Waals surface area contributed by atoms with Gasteiger partial charge in [0.05, 0.1) is 28.5 Å². The maximum absolute atomic E-state index is 13.3. The highest BCUT2D eigenvalue weighted by Crippen LogP contribution is 2.37. The summed E-state index contributed by atoms with van der Waals surface area (Å²) in [4.78, 5) is 25.7. The number of pyridine rings is 1. The minimum absolute atomic E-state index is 0.00497. The zero-order valence-electron chi connectivity index (χ0n) is 19.2. The van der Waals surface area contributed by atoms with Crippen LogP contribution in [0.25, 0.3) is 22.3 Å². The van der Waals surface area contributed by atoms with Gasteiger partial charge in [0.25, 0.3) is 5.91 Å². The number of carbonyl (C=O) groups is 1. The van der Waals surface area contributed by atoms with Crippen molar-refractivity contribution in [2.24, 2.45) is 18.0 Å². The number of aryl methyl sites for hydroxylation is 2. The number of hydrogen-bond acceptors (Lipinski definition) is 4. The molecule has 2 atom stereocenters. The number of alkyl halides is 1. The average molecular weight is 479 g/mol. The van der Waals surface area contributed by atoms with E-state index in [0.29, 0.717) is 39.9 Å². The summed E-state index contributed by atoms with van der Waals surface area (Å²) < 4.78 is 3.53. The number of para-hydroxylation sites is 2. The van der Waals surface area contributed by atoms with Crippen LogP contribution in [0.4, 0.5) is 0 Å². The van der Waals surface area contributed by atoms with Crippen molar-refractivity contribution in [3.63, 3.8) is 0 Å². The summed E-state index contributed by atoms with van der Waals surface area (Å²) in [5.41, 5.74) is 4.54. The first-order valence-electron chi connectivity index (χ1n) is 11.5. The number of fused-ring (bicyclic) bond motifs is 1. The molecule has 2 N–H and O–H groups in total. The minimum atomic E-state index is -0.370. The molecule has 0 radical (unpaired) electrons. The summed E-state index contributed by atoms with van der Waals surface area (Å²) >= 11 is 6.00. The van der Waals surface area contributed by atoms with Crippen molar-refractivity contribution in [1.82, 2.24) is 24.3 Å². The molecule has 1 aliphatic carbocycles. The molecule has 1 fully saturated rings. The number of aromatic hydroxyl groups is 1. The van der Waals surface area contributed by atoms with E-state index < -0.39 is 0 Å². The molecule has 0 spiro atoms. The summed E-state index contributed by atoms with van der Waals surface area (Å²) in [6.07, 6.45) is 5.72. The van der Waals surface area contributed by atoms with Crippen LogP contribution in [-0.2, 0) is 7.05 Å². The molecule has 1 aliphatic rings. The molecule has 0 aliphatic heterocycles. The number of amides is 1. The standard InChI is InChI=1S/C25H27ClN6O2/c1-15-11-17(13-21(28-15)19-14-27-31(2)24(19)34)23(33)30-25-29-20-5-3-4-6-22(20)32(25)18-8-7-16(12-18)9-10-26/h3-6,11,13-14,16,18,34H,7-10,12H2,1-2H3,(H,29,30,33)/t16-,18-/m0/s1. The highest BCUT2D eigenvalue weighted by molar-refractivity contribution is 6.17. The Bertz CT molecular complexity index is 1430. The summed E-state index contributed by atoms with van der Waals surface area (Å²) in [7, 11) is 1.64. The predicted molar refractivity (Wildman–Crippen MR) is 131 cm³/mol. The largest absolute Gasteiger partial charge is 0.493 e. The number of nitrogens with zero attached hydrogens (tertiary/aromatic N) is 5. The highest BCUT2D eigenvalue weighted by atomic mass is 35.5. The third-order valence-corrected chi connectivity index (χ3v) is 6.84. The molecule has 4 aromatic rings. The van der Waals surface area contributed by atoms with Gasteiger partial charge in [-0.1, -0.05) is 12.1 Å². The summed E-state index contributed by atoms with van der Waals surface area (Å²) in [5.74, 6) is 0.882. The fraction of sp³-hybridized carbons (Fsp3) is 0.360. The molecule has 0 bridgehead atoms. The van der Waals surface area contributed by atoms with Crippen LogP contribution in [0.15, 0.2) is 47.6 Å². The maximum atomic E-state index is 13.3. The van der Waals surface area contributed by atoms with Crippen LogP contribution in [0.1, 0.15) is 47.8 Å². The molecule has 3 aromatic heterocycles. The van der Waals surface area contributed by atoms with E-state index in [-0.39, 0.29) is 17.8 Å². The van der Waals surface area contributed by atoms with Crippen molar-refractivity contribution in [2.75, 3.05) is 5.88 Å². The molecule has 1 saturated carbocycles. The Morgan fingerprint density at radius 1 is 1.29 bits per heavy atom. The van der Waals surface area contributed by atoms with Crippen LogP contribution in [-0.4, -0.2) is 41.2 Å². The fourth-order valence-corrected chi connectivity index (χ4v) is 5.25. The van der Waals surface area contributed by atoms with Gasteiger partial charge in [-0.05, 0) is 62.8 Å². The lowest BCUT2D eigenvalue weighted by atomic mass is 10.1. The van der Waals surface area contributed by atoms with Crippen LogP contribution >= 0.6 is 11.6 Å². The normalized spacial score (nSPS) is 18.7. The molecular weight excluding hydrogens is 452 g/mol. The highest BCUT2D eigenvalue weighted by Gasteiger charge is 2.27. The molecule has 5 rings (SSSR count). The van der Waals surface area contributed by atoms with E-state index >= 15 is 0 Å². The number of aromatic amines is 1. The van der Waals surface area contributed by atoms with E-state index in [1.807, 2.05) is 25.1 Å². The number of halogens is 1. The second kappa shape index (κ2) is 9.10. The van der Waals surface area contributed by atoms with Crippen molar-refractivity contribution in [3.8, 4) is 17.1 Å². The lowest BCUT2D eigenvalue weighted by Crippen LogP contribution is -2.24.